The monoisotopic (exact) mass is 718 g/mol. The number of aliphatic hydroxyl groups is 2. The van der Waals surface area contributed by atoms with E-state index in [1.54, 1.807) is 0 Å². The molecule has 0 aromatic rings. The second kappa shape index (κ2) is 40.8. The smallest absolute Gasteiger partial charge is 0.305 e. The largest absolute Gasteiger partial charge is 0.466 e. The molecule has 2 atom stereocenters. The SMILES string of the molecule is CCCCC/C=C\C/C=C\CCCCCCCC(=O)OCCCCCC/C=C\CCCC(=O)NC(CO)C(O)CCCCCCCCCCCC. The van der Waals surface area contributed by atoms with E-state index in [0.29, 0.717) is 25.9 Å². The second-order valence-corrected chi connectivity index (χ2v) is 14.7. The summed E-state index contributed by atoms with van der Waals surface area (Å²) in [6.45, 7) is 4.79. The molecular formula is C45H83NO5. The molecule has 2 unspecified atom stereocenters. The predicted molar refractivity (Wildman–Crippen MR) is 218 cm³/mol. The van der Waals surface area contributed by atoms with Gasteiger partial charge in [-0.1, -0.05) is 159 Å². The van der Waals surface area contributed by atoms with E-state index >= 15 is 0 Å². The fourth-order valence-corrected chi connectivity index (χ4v) is 6.26. The summed E-state index contributed by atoms with van der Waals surface area (Å²) < 4.78 is 5.41. The van der Waals surface area contributed by atoms with Crippen molar-refractivity contribution in [2.75, 3.05) is 13.2 Å². The van der Waals surface area contributed by atoms with Crippen molar-refractivity contribution in [2.24, 2.45) is 0 Å². The fourth-order valence-electron chi connectivity index (χ4n) is 6.26. The maximum absolute atomic E-state index is 12.3. The Morgan fingerprint density at radius 3 is 1.59 bits per heavy atom. The van der Waals surface area contributed by atoms with Gasteiger partial charge in [0.25, 0.3) is 0 Å². The molecule has 0 aliphatic rings. The minimum Gasteiger partial charge on any atom is -0.466 e. The lowest BCUT2D eigenvalue weighted by Crippen LogP contribution is -2.45. The van der Waals surface area contributed by atoms with Crippen LogP contribution in [0.4, 0.5) is 0 Å². The number of amides is 1. The van der Waals surface area contributed by atoms with Gasteiger partial charge in [0.05, 0.1) is 25.4 Å². The summed E-state index contributed by atoms with van der Waals surface area (Å²) in [7, 11) is 0. The van der Waals surface area contributed by atoms with Crippen LogP contribution in [0.1, 0.15) is 213 Å². The standard InChI is InChI=1S/C45H83NO5/c1-3-5-7-9-11-13-15-16-17-18-19-23-27-31-35-39-45(50)51-40-36-32-28-24-20-22-26-30-34-38-44(49)46-42(41-47)43(48)37-33-29-25-21-14-12-10-8-6-4-2/h11,13,16-17,22,26,42-43,47-48H,3-10,12,14-15,18-21,23-25,27-41H2,1-2H3,(H,46,49)/b13-11-,17-16-,26-22-. The molecule has 0 aliphatic carbocycles. The summed E-state index contributed by atoms with van der Waals surface area (Å²) in [6, 6.07) is -0.578. The number of carbonyl (C=O) groups is 2. The Hall–Kier alpha value is -1.92. The summed E-state index contributed by atoms with van der Waals surface area (Å²) in [5, 5.41) is 23.0. The lowest BCUT2D eigenvalue weighted by atomic mass is 10.0. The molecule has 6 heteroatoms. The van der Waals surface area contributed by atoms with E-state index < -0.39 is 12.1 Å². The number of ether oxygens (including phenoxy) is 1. The van der Waals surface area contributed by atoms with Gasteiger partial charge < -0.3 is 20.3 Å². The molecule has 0 fully saturated rings. The number of hydrogen-bond acceptors (Lipinski definition) is 5. The van der Waals surface area contributed by atoms with E-state index in [9.17, 15) is 19.8 Å². The zero-order chi connectivity index (χ0) is 37.3. The predicted octanol–water partition coefficient (Wildman–Crippen LogP) is 12.2. The van der Waals surface area contributed by atoms with E-state index in [1.165, 1.54) is 96.3 Å². The number of nitrogens with one attached hydrogen (secondary N) is 1. The van der Waals surface area contributed by atoms with Gasteiger partial charge >= 0.3 is 5.97 Å². The molecule has 0 radical (unpaired) electrons. The Balaban J connectivity index is 3.57. The minimum atomic E-state index is -0.694. The van der Waals surface area contributed by atoms with Gasteiger partial charge in [0, 0.05) is 12.8 Å². The van der Waals surface area contributed by atoms with Gasteiger partial charge in [-0.15, -0.1) is 0 Å². The molecule has 0 spiro atoms. The van der Waals surface area contributed by atoms with Gasteiger partial charge in [-0.3, -0.25) is 9.59 Å². The van der Waals surface area contributed by atoms with Crippen molar-refractivity contribution >= 4 is 11.9 Å². The fraction of sp³-hybridized carbons (Fsp3) is 0.822. The van der Waals surface area contributed by atoms with Crippen LogP contribution < -0.4 is 5.32 Å². The van der Waals surface area contributed by atoms with E-state index in [-0.39, 0.29) is 18.5 Å². The molecule has 0 aromatic heterocycles. The second-order valence-electron chi connectivity index (χ2n) is 14.7. The first-order chi connectivity index (χ1) is 25.0. The van der Waals surface area contributed by atoms with Crippen molar-refractivity contribution in [1.82, 2.24) is 5.32 Å². The van der Waals surface area contributed by atoms with Crippen molar-refractivity contribution in [3.8, 4) is 0 Å². The van der Waals surface area contributed by atoms with E-state index in [2.05, 4.69) is 55.6 Å². The highest BCUT2D eigenvalue weighted by Crippen LogP contribution is 2.14. The third-order valence-electron chi connectivity index (χ3n) is 9.66. The summed E-state index contributed by atoms with van der Waals surface area (Å²) in [5.41, 5.74) is 0. The summed E-state index contributed by atoms with van der Waals surface area (Å²) in [6.07, 6.45) is 46.7. The molecule has 0 bridgehead atoms. The number of esters is 1. The van der Waals surface area contributed by atoms with Crippen molar-refractivity contribution in [1.29, 1.82) is 0 Å². The molecule has 298 valence electrons. The lowest BCUT2D eigenvalue weighted by molar-refractivity contribution is -0.143. The van der Waals surface area contributed by atoms with Crippen LogP contribution in [0.5, 0.6) is 0 Å². The van der Waals surface area contributed by atoms with Crippen LogP contribution in [-0.4, -0.2) is 47.4 Å². The summed E-state index contributed by atoms with van der Waals surface area (Å²) in [4.78, 5) is 24.3. The van der Waals surface area contributed by atoms with Crippen molar-refractivity contribution in [2.45, 2.75) is 225 Å². The van der Waals surface area contributed by atoms with Gasteiger partial charge in [0.15, 0.2) is 0 Å². The van der Waals surface area contributed by atoms with Crippen LogP contribution in [0.2, 0.25) is 0 Å². The molecule has 0 saturated heterocycles. The van der Waals surface area contributed by atoms with Crippen LogP contribution in [0.25, 0.3) is 0 Å². The van der Waals surface area contributed by atoms with Gasteiger partial charge in [0.2, 0.25) is 5.91 Å². The zero-order valence-corrected chi connectivity index (χ0v) is 33.6. The maximum atomic E-state index is 12.3. The average Bonchev–Trinajstić information content (AvgIpc) is 3.13. The van der Waals surface area contributed by atoms with Crippen molar-refractivity contribution in [3.05, 3.63) is 36.5 Å². The first-order valence-corrected chi connectivity index (χ1v) is 21.7. The topological polar surface area (TPSA) is 95.9 Å². The molecule has 0 heterocycles. The third kappa shape index (κ3) is 37.6. The van der Waals surface area contributed by atoms with Crippen LogP contribution in [0.3, 0.4) is 0 Å². The minimum absolute atomic E-state index is 0.0512. The van der Waals surface area contributed by atoms with Gasteiger partial charge in [0.1, 0.15) is 0 Å². The first kappa shape index (κ1) is 49.1. The van der Waals surface area contributed by atoms with Gasteiger partial charge in [-0.2, -0.15) is 0 Å². The number of allylic oxidation sites excluding steroid dienone is 6. The van der Waals surface area contributed by atoms with Crippen molar-refractivity contribution < 1.29 is 24.5 Å². The Kier molecular flexibility index (Phi) is 39.3. The highest BCUT2D eigenvalue weighted by Gasteiger charge is 2.19. The third-order valence-corrected chi connectivity index (χ3v) is 9.66. The van der Waals surface area contributed by atoms with Crippen LogP contribution in [-0.2, 0) is 14.3 Å². The van der Waals surface area contributed by atoms with Crippen LogP contribution in [0, 0.1) is 0 Å². The highest BCUT2D eigenvalue weighted by atomic mass is 16.5. The normalized spacial score (nSPS) is 13.1. The average molecular weight is 718 g/mol. The number of hydrogen-bond donors (Lipinski definition) is 3. The summed E-state index contributed by atoms with van der Waals surface area (Å²) in [5.74, 6) is -0.152. The van der Waals surface area contributed by atoms with E-state index in [0.717, 1.165) is 83.5 Å². The Labute approximate surface area is 315 Å². The summed E-state index contributed by atoms with van der Waals surface area (Å²) >= 11 is 0. The quantitative estimate of drug-likeness (QED) is 0.0334. The molecule has 6 nitrogen and oxygen atoms in total. The number of carbonyl (C=O) groups excluding carboxylic acids is 2. The van der Waals surface area contributed by atoms with E-state index in [4.69, 9.17) is 4.74 Å². The number of aliphatic hydroxyl groups excluding tert-OH is 2. The molecule has 0 saturated carbocycles. The molecule has 0 aromatic carbocycles. The zero-order valence-electron chi connectivity index (χ0n) is 33.6. The molecule has 3 N–H and O–H groups in total. The van der Waals surface area contributed by atoms with Gasteiger partial charge in [-0.05, 0) is 77.0 Å². The maximum Gasteiger partial charge on any atom is 0.305 e. The molecule has 1 amide bonds. The molecule has 0 aliphatic heterocycles. The Bertz CT molecular complexity index is 838. The molecule has 51 heavy (non-hydrogen) atoms. The molecule has 0 rings (SSSR count). The molecular weight excluding hydrogens is 634 g/mol. The Morgan fingerprint density at radius 2 is 1.00 bits per heavy atom. The lowest BCUT2D eigenvalue weighted by Gasteiger charge is -2.22. The van der Waals surface area contributed by atoms with E-state index in [1.807, 2.05) is 0 Å². The van der Waals surface area contributed by atoms with Crippen molar-refractivity contribution in [3.63, 3.8) is 0 Å². The van der Waals surface area contributed by atoms with Crippen LogP contribution >= 0.6 is 0 Å². The number of rotatable bonds is 39. The number of unbranched alkanes of at least 4 members (excludes halogenated alkanes) is 22. The van der Waals surface area contributed by atoms with Crippen LogP contribution in [0.15, 0.2) is 36.5 Å². The Morgan fingerprint density at radius 1 is 0.549 bits per heavy atom. The highest BCUT2D eigenvalue weighted by molar-refractivity contribution is 5.76. The first-order valence-electron chi connectivity index (χ1n) is 21.7. The van der Waals surface area contributed by atoms with Gasteiger partial charge in [-0.25, -0.2) is 0 Å².